The summed E-state index contributed by atoms with van der Waals surface area (Å²) in [4.78, 5) is 24.6. The molecule has 3 rings (SSSR count). The van der Waals surface area contributed by atoms with Gasteiger partial charge in [-0.05, 0) is 54.1 Å². The number of carbonyl (C=O) groups is 2. The Labute approximate surface area is 196 Å². The van der Waals surface area contributed by atoms with E-state index >= 15 is 0 Å². The standard InChI is InChI=1S/C24H20N4O5S/c1-33-21-12-10-20(11-13-21)28-34(31,32)22-9-5-8-18(15-22)23(29)26-27-24(30)19(16-25)14-17-6-3-2-4-7-17/h2-15,28H,1H3,(H,26,29)(H,27,30)/b19-14-. The summed E-state index contributed by atoms with van der Waals surface area (Å²) in [7, 11) is -2.48. The highest BCUT2D eigenvalue weighted by molar-refractivity contribution is 7.92. The Balaban J connectivity index is 1.68. The van der Waals surface area contributed by atoms with Crippen LogP contribution >= 0.6 is 0 Å². The van der Waals surface area contributed by atoms with Gasteiger partial charge in [0.15, 0.2) is 0 Å². The Hall–Kier alpha value is -4.62. The molecule has 0 aliphatic heterocycles. The number of sulfonamides is 1. The van der Waals surface area contributed by atoms with Crippen LogP contribution in [0.25, 0.3) is 6.08 Å². The predicted octanol–water partition coefficient (Wildman–Crippen LogP) is 2.86. The maximum absolute atomic E-state index is 12.7. The first-order valence-electron chi connectivity index (χ1n) is 9.87. The van der Waals surface area contributed by atoms with E-state index in [0.717, 1.165) is 0 Å². The molecular formula is C24H20N4O5S. The van der Waals surface area contributed by atoms with E-state index in [-0.39, 0.29) is 16.0 Å². The average molecular weight is 477 g/mol. The molecular weight excluding hydrogens is 456 g/mol. The number of hydrogen-bond acceptors (Lipinski definition) is 6. The van der Waals surface area contributed by atoms with Crippen molar-refractivity contribution in [2.75, 3.05) is 11.8 Å². The topological polar surface area (TPSA) is 137 Å². The summed E-state index contributed by atoms with van der Waals surface area (Å²) in [5.41, 5.74) is 5.07. The van der Waals surface area contributed by atoms with Gasteiger partial charge in [-0.2, -0.15) is 5.26 Å². The summed E-state index contributed by atoms with van der Waals surface area (Å²) in [5, 5.41) is 9.24. The number of anilines is 1. The lowest BCUT2D eigenvalue weighted by Crippen LogP contribution is -2.42. The molecule has 2 amide bonds. The van der Waals surface area contributed by atoms with E-state index in [1.807, 2.05) is 0 Å². The highest BCUT2D eigenvalue weighted by atomic mass is 32.2. The van der Waals surface area contributed by atoms with Crippen LogP contribution in [0.5, 0.6) is 5.75 Å². The molecule has 172 valence electrons. The third-order valence-corrected chi connectivity index (χ3v) is 5.89. The molecule has 0 fully saturated rings. The van der Waals surface area contributed by atoms with Crippen molar-refractivity contribution in [1.29, 1.82) is 5.26 Å². The van der Waals surface area contributed by atoms with Crippen LogP contribution in [-0.2, 0) is 14.8 Å². The molecule has 0 aliphatic carbocycles. The average Bonchev–Trinajstić information content (AvgIpc) is 2.86. The molecule has 0 aromatic heterocycles. The largest absolute Gasteiger partial charge is 0.497 e. The van der Waals surface area contributed by atoms with Gasteiger partial charge in [-0.3, -0.25) is 25.2 Å². The summed E-state index contributed by atoms with van der Waals surface area (Å²) in [6.07, 6.45) is 1.37. The number of carbonyl (C=O) groups excluding carboxylic acids is 2. The summed E-state index contributed by atoms with van der Waals surface area (Å²) < 4.78 is 32.9. The van der Waals surface area contributed by atoms with Crippen LogP contribution in [0.4, 0.5) is 5.69 Å². The molecule has 10 heteroatoms. The van der Waals surface area contributed by atoms with Crippen LogP contribution < -0.4 is 20.3 Å². The molecule has 0 heterocycles. The van der Waals surface area contributed by atoms with E-state index in [2.05, 4.69) is 15.6 Å². The van der Waals surface area contributed by atoms with Crippen LogP contribution in [0.15, 0.2) is 89.3 Å². The number of rotatable bonds is 7. The zero-order chi connectivity index (χ0) is 24.6. The number of hydrazine groups is 1. The van der Waals surface area contributed by atoms with Crippen molar-refractivity contribution in [1.82, 2.24) is 10.9 Å². The Kier molecular flexibility index (Phi) is 7.63. The minimum absolute atomic E-state index is 0.0107. The molecule has 0 saturated carbocycles. The third kappa shape index (κ3) is 6.21. The molecule has 0 unspecified atom stereocenters. The van der Waals surface area contributed by atoms with Gasteiger partial charge in [-0.25, -0.2) is 8.42 Å². The van der Waals surface area contributed by atoms with Crippen LogP contribution in [0.2, 0.25) is 0 Å². The molecule has 0 aliphatic rings. The Morgan fingerprint density at radius 1 is 0.941 bits per heavy atom. The maximum Gasteiger partial charge on any atom is 0.280 e. The van der Waals surface area contributed by atoms with Gasteiger partial charge in [-0.15, -0.1) is 0 Å². The number of nitrogens with one attached hydrogen (secondary N) is 3. The molecule has 0 spiro atoms. The van der Waals surface area contributed by atoms with Gasteiger partial charge in [0.25, 0.3) is 21.8 Å². The minimum Gasteiger partial charge on any atom is -0.497 e. The van der Waals surface area contributed by atoms with Crippen LogP contribution in [0.1, 0.15) is 15.9 Å². The van der Waals surface area contributed by atoms with Crippen LogP contribution in [-0.4, -0.2) is 27.3 Å². The van der Waals surface area contributed by atoms with Gasteiger partial charge in [0.2, 0.25) is 0 Å². The zero-order valence-electron chi connectivity index (χ0n) is 18.0. The van der Waals surface area contributed by atoms with E-state index in [0.29, 0.717) is 17.0 Å². The zero-order valence-corrected chi connectivity index (χ0v) is 18.8. The van der Waals surface area contributed by atoms with Crippen LogP contribution in [0, 0.1) is 11.3 Å². The Morgan fingerprint density at radius 3 is 2.29 bits per heavy atom. The second kappa shape index (κ2) is 10.8. The fourth-order valence-electron chi connectivity index (χ4n) is 2.80. The summed E-state index contributed by atoms with van der Waals surface area (Å²) >= 11 is 0. The molecule has 3 aromatic carbocycles. The Morgan fingerprint density at radius 2 is 1.65 bits per heavy atom. The van der Waals surface area contributed by atoms with E-state index in [1.54, 1.807) is 48.5 Å². The smallest absolute Gasteiger partial charge is 0.280 e. The molecule has 9 nitrogen and oxygen atoms in total. The van der Waals surface area contributed by atoms with E-state index in [1.165, 1.54) is 49.6 Å². The van der Waals surface area contributed by atoms with Crippen molar-refractivity contribution in [3.8, 4) is 11.8 Å². The number of methoxy groups -OCH3 is 1. The maximum atomic E-state index is 12.7. The molecule has 34 heavy (non-hydrogen) atoms. The second-order valence-corrected chi connectivity index (χ2v) is 8.53. The van der Waals surface area contributed by atoms with E-state index in [9.17, 15) is 23.3 Å². The molecule has 3 aromatic rings. The third-order valence-electron chi connectivity index (χ3n) is 4.51. The van der Waals surface area contributed by atoms with Gasteiger partial charge in [0.1, 0.15) is 17.4 Å². The molecule has 0 bridgehead atoms. The highest BCUT2D eigenvalue weighted by Gasteiger charge is 2.17. The normalized spacial score (nSPS) is 11.1. The quantitative estimate of drug-likeness (QED) is 0.272. The highest BCUT2D eigenvalue weighted by Crippen LogP contribution is 2.20. The SMILES string of the molecule is COc1ccc(NS(=O)(=O)c2cccc(C(=O)NNC(=O)/C(C#N)=C\c3ccccc3)c2)cc1. The van der Waals surface area contributed by atoms with Crippen molar-refractivity contribution in [2.45, 2.75) is 4.90 Å². The van der Waals surface area contributed by atoms with Gasteiger partial charge in [-0.1, -0.05) is 36.4 Å². The fourth-order valence-corrected chi connectivity index (χ4v) is 3.90. The van der Waals surface area contributed by atoms with Gasteiger partial charge >= 0.3 is 0 Å². The number of hydrogen-bond donors (Lipinski definition) is 3. The first-order chi connectivity index (χ1) is 16.3. The molecule has 3 N–H and O–H groups in total. The fraction of sp³-hybridized carbons (Fsp3) is 0.0417. The predicted molar refractivity (Wildman–Crippen MR) is 126 cm³/mol. The van der Waals surface area contributed by atoms with Crippen molar-refractivity contribution < 1.29 is 22.7 Å². The van der Waals surface area contributed by atoms with Crippen molar-refractivity contribution >= 4 is 33.6 Å². The lowest BCUT2D eigenvalue weighted by atomic mass is 10.1. The monoisotopic (exact) mass is 476 g/mol. The number of ether oxygens (including phenoxy) is 1. The van der Waals surface area contributed by atoms with Crippen molar-refractivity contribution in [3.05, 3.63) is 95.6 Å². The minimum atomic E-state index is -3.98. The molecule has 0 radical (unpaired) electrons. The lowest BCUT2D eigenvalue weighted by Gasteiger charge is -2.11. The number of nitriles is 1. The van der Waals surface area contributed by atoms with Crippen molar-refractivity contribution in [3.63, 3.8) is 0 Å². The van der Waals surface area contributed by atoms with Crippen molar-refractivity contribution in [2.24, 2.45) is 0 Å². The van der Waals surface area contributed by atoms with Gasteiger partial charge in [0, 0.05) is 11.3 Å². The summed E-state index contributed by atoms with van der Waals surface area (Å²) in [6.45, 7) is 0. The van der Waals surface area contributed by atoms with E-state index < -0.39 is 21.8 Å². The summed E-state index contributed by atoms with van der Waals surface area (Å²) in [6, 6.07) is 22.1. The lowest BCUT2D eigenvalue weighted by molar-refractivity contribution is -0.117. The van der Waals surface area contributed by atoms with Gasteiger partial charge in [0.05, 0.1) is 12.0 Å². The van der Waals surface area contributed by atoms with Gasteiger partial charge < -0.3 is 4.74 Å². The Bertz CT molecular complexity index is 1360. The molecule has 0 atom stereocenters. The molecule has 0 saturated heterocycles. The number of nitrogens with zero attached hydrogens (tertiary/aromatic N) is 1. The number of benzene rings is 3. The number of amides is 2. The first kappa shape index (κ1) is 24.0. The van der Waals surface area contributed by atoms with Crippen LogP contribution in [0.3, 0.4) is 0 Å². The second-order valence-electron chi connectivity index (χ2n) is 6.85. The summed E-state index contributed by atoms with van der Waals surface area (Å²) in [5.74, 6) is -1.00. The van der Waals surface area contributed by atoms with E-state index in [4.69, 9.17) is 4.74 Å². The first-order valence-corrected chi connectivity index (χ1v) is 11.3.